The predicted octanol–water partition coefficient (Wildman–Crippen LogP) is 4.47. The number of hydrogen-bond donors (Lipinski definition) is 1. The number of aromatic nitrogens is 1. The largest absolute Gasteiger partial charge is 0.348 e. The molecule has 0 atom stereocenters. The molecule has 1 N–H and O–H groups in total. The number of nitrogens with zero attached hydrogens (tertiary/aromatic N) is 2. The molecule has 4 rings (SSSR count). The highest BCUT2D eigenvalue weighted by molar-refractivity contribution is 6.11. The Morgan fingerprint density at radius 1 is 0.912 bits per heavy atom. The highest BCUT2D eigenvalue weighted by Crippen LogP contribution is 2.28. The van der Waals surface area contributed by atoms with Crippen molar-refractivity contribution in [1.82, 2.24) is 14.8 Å². The van der Waals surface area contributed by atoms with E-state index in [0.717, 1.165) is 40.4 Å². The van der Waals surface area contributed by atoms with Crippen LogP contribution in [0.15, 0.2) is 66.7 Å². The molecule has 2 heterocycles. The molecule has 6 nitrogen and oxygen atoms in total. The summed E-state index contributed by atoms with van der Waals surface area (Å²) in [5.74, 6) is -0.588. The van der Waals surface area contributed by atoms with Crippen molar-refractivity contribution >= 4 is 17.7 Å². The Labute approximate surface area is 200 Å². The van der Waals surface area contributed by atoms with Gasteiger partial charge in [0.25, 0.3) is 5.91 Å². The topological polar surface area (TPSA) is 71.4 Å². The van der Waals surface area contributed by atoms with Gasteiger partial charge in [-0.2, -0.15) is 0 Å². The van der Waals surface area contributed by atoms with Gasteiger partial charge >= 0.3 is 6.03 Å². The lowest BCUT2D eigenvalue weighted by molar-refractivity contribution is -0.131. The summed E-state index contributed by atoms with van der Waals surface area (Å²) in [6, 6.07) is 20.6. The first-order chi connectivity index (χ1) is 16.3. The molecule has 1 aliphatic heterocycles. The van der Waals surface area contributed by atoms with Gasteiger partial charge in [-0.1, -0.05) is 67.6 Å². The maximum atomic E-state index is 13.8. The molecule has 0 radical (unpaired) electrons. The van der Waals surface area contributed by atoms with Crippen molar-refractivity contribution in [1.29, 1.82) is 0 Å². The van der Waals surface area contributed by atoms with Crippen molar-refractivity contribution in [2.45, 2.75) is 52.1 Å². The summed E-state index contributed by atoms with van der Waals surface area (Å²) >= 11 is 0. The van der Waals surface area contributed by atoms with Crippen molar-refractivity contribution in [3.8, 4) is 0 Å². The van der Waals surface area contributed by atoms with Gasteiger partial charge in [-0.05, 0) is 37.5 Å². The van der Waals surface area contributed by atoms with E-state index in [1.54, 1.807) is 0 Å². The van der Waals surface area contributed by atoms with Crippen molar-refractivity contribution in [2.75, 3.05) is 6.54 Å². The van der Waals surface area contributed by atoms with Crippen LogP contribution in [0.5, 0.6) is 0 Å². The molecular formula is C28H31N3O3. The van der Waals surface area contributed by atoms with Crippen LogP contribution in [-0.2, 0) is 24.2 Å². The number of ketones is 1. The molecule has 1 aliphatic rings. The zero-order valence-electron chi connectivity index (χ0n) is 20.0. The Morgan fingerprint density at radius 3 is 2.00 bits per heavy atom. The Kier molecular flexibility index (Phi) is 6.68. The number of hydrogen-bond acceptors (Lipinski definition) is 3. The Bertz CT molecular complexity index is 1160. The monoisotopic (exact) mass is 457 g/mol. The number of imide groups is 1. The summed E-state index contributed by atoms with van der Waals surface area (Å²) in [5.41, 5.74) is 3.19. The van der Waals surface area contributed by atoms with Crippen molar-refractivity contribution in [3.05, 3.63) is 94.8 Å². The van der Waals surface area contributed by atoms with E-state index >= 15 is 0 Å². The molecule has 0 unspecified atom stereocenters. The van der Waals surface area contributed by atoms with Crippen molar-refractivity contribution in [2.24, 2.45) is 0 Å². The highest BCUT2D eigenvalue weighted by Gasteiger charge is 2.51. The number of carbonyl (C=O) groups excluding carboxylic acids is 3. The lowest BCUT2D eigenvalue weighted by atomic mass is 9.84. The predicted molar refractivity (Wildman–Crippen MR) is 132 cm³/mol. The summed E-state index contributed by atoms with van der Waals surface area (Å²) in [7, 11) is 0. The second kappa shape index (κ2) is 9.67. The molecule has 34 heavy (non-hydrogen) atoms. The van der Waals surface area contributed by atoms with E-state index in [9.17, 15) is 14.4 Å². The summed E-state index contributed by atoms with van der Waals surface area (Å²) in [4.78, 5) is 41.1. The van der Waals surface area contributed by atoms with Gasteiger partial charge in [0.05, 0.1) is 6.54 Å². The molecule has 3 amide bonds. The number of nitrogens with one attached hydrogen (secondary N) is 1. The maximum Gasteiger partial charge on any atom is 0.325 e. The van der Waals surface area contributed by atoms with Gasteiger partial charge in [-0.25, -0.2) is 4.79 Å². The van der Waals surface area contributed by atoms with Crippen LogP contribution < -0.4 is 5.32 Å². The van der Waals surface area contributed by atoms with Crippen LogP contribution in [0.3, 0.4) is 0 Å². The van der Waals surface area contributed by atoms with E-state index in [0.29, 0.717) is 18.4 Å². The van der Waals surface area contributed by atoms with Gasteiger partial charge in [-0.3, -0.25) is 14.5 Å². The first-order valence-electron chi connectivity index (χ1n) is 11.8. The molecule has 0 spiro atoms. The lowest BCUT2D eigenvalue weighted by Crippen LogP contribution is -2.51. The summed E-state index contributed by atoms with van der Waals surface area (Å²) in [6.07, 6.45) is 1.66. The summed E-state index contributed by atoms with van der Waals surface area (Å²) < 4.78 is 2.11. The SMILES string of the molecule is CCCn1c(C)cc(C(=O)CN2C(=O)NC(Cc3ccccc3)(Cc3ccccc3)C2=O)c1C. The van der Waals surface area contributed by atoms with Gasteiger partial charge in [0.2, 0.25) is 0 Å². The minimum absolute atomic E-state index is 0.228. The molecule has 0 bridgehead atoms. The van der Waals surface area contributed by atoms with Crippen LogP contribution in [0.1, 0.15) is 46.2 Å². The van der Waals surface area contributed by atoms with E-state index in [-0.39, 0.29) is 18.2 Å². The van der Waals surface area contributed by atoms with Crippen molar-refractivity contribution < 1.29 is 14.4 Å². The zero-order chi connectivity index (χ0) is 24.3. The molecule has 0 aliphatic carbocycles. The first-order valence-corrected chi connectivity index (χ1v) is 11.8. The smallest absolute Gasteiger partial charge is 0.325 e. The quantitative estimate of drug-likeness (QED) is 0.381. The van der Waals surface area contributed by atoms with Gasteiger partial charge in [0.15, 0.2) is 5.78 Å². The average Bonchev–Trinajstić information content (AvgIpc) is 3.23. The third kappa shape index (κ3) is 4.53. The molecule has 6 heteroatoms. The van der Waals surface area contributed by atoms with Crippen molar-refractivity contribution in [3.63, 3.8) is 0 Å². The number of benzene rings is 2. The van der Waals surface area contributed by atoms with E-state index in [2.05, 4.69) is 16.8 Å². The second-order valence-electron chi connectivity index (χ2n) is 9.09. The van der Waals surface area contributed by atoms with Crippen LogP contribution >= 0.6 is 0 Å². The van der Waals surface area contributed by atoms with E-state index in [1.807, 2.05) is 80.6 Å². The Hall–Kier alpha value is -3.67. The van der Waals surface area contributed by atoms with Gasteiger partial charge in [0.1, 0.15) is 5.54 Å². The van der Waals surface area contributed by atoms with Gasteiger partial charge in [0, 0.05) is 36.3 Å². The van der Waals surface area contributed by atoms with Crippen LogP contribution in [0.2, 0.25) is 0 Å². The fourth-order valence-corrected chi connectivity index (χ4v) is 4.89. The minimum Gasteiger partial charge on any atom is -0.348 e. The van der Waals surface area contributed by atoms with E-state index < -0.39 is 11.6 Å². The van der Waals surface area contributed by atoms with Crippen LogP contribution in [0, 0.1) is 13.8 Å². The van der Waals surface area contributed by atoms with Crippen LogP contribution in [-0.4, -0.2) is 39.3 Å². The number of rotatable bonds is 9. The Morgan fingerprint density at radius 2 is 1.47 bits per heavy atom. The molecule has 1 saturated heterocycles. The first kappa shape index (κ1) is 23.5. The third-order valence-corrected chi connectivity index (χ3v) is 6.57. The molecule has 2 aromatic carbocycles. The number of Topliss-reactive ketones (excluding diaryl/α,β-unsaturated/α-hetero) is 1. The fraction of sp³-hybridized carbons (Fsp3) is 0.321. The summed E-state index contributed by atoms with van der Waals surface area (Å²) in [6.45, 7) is 6.53. The Balaban J connectivity index is 1.62. The zero-order valence-corrected chi connectivity index (χ0v) is 20.0. The molecule has 1 aromatic heterocycles. The van der Waals surface area contributed by atoms with E-state index in [1.165, 1.54) is 0 Å². The summed E-state index contributed by atoms with van der Waals surface area (Å²) in [5, 5.41) is 2.95. The molecule has 3 aromatic rings. The number of urea groups is 1. The van der Waals surface area contributed by atoms with E-state index in [4.69, 9.17) is 0 Å². The fourth-order valence-electron chi connectivity index (χ4n) is 4.89. The highest BCUT2D eigenvalue weighted by atomic mass is 16.2. The number of carbonyl (C=O) groups is 3. The van der Waals surface area contributed by atoms with Gasteiger partial charge < -0.3 is 9.88 Å². The molecule has 0 saturated carbocycles. The molecule has 176 valence electrons. The molecular weight excluding hydrogens is 426 g/mol. The second-order valence-corrected chi connectivity index (χ2v) is 9.09. The maximum absolute atomic E-state index is 13.8. The lowest BCUT2D eigenvalue weighted by Gasteiger charge is -2.27. The minimum atomic E-state index is -1.14. The van der Waals surface area contributed by atoms with Crippen LogP contribution in [0.4, 0.5) is 4.79 Å². The van der Waals surface area contributed by atoms with Crippen LogP contribution in [0.25, 0.3) is 0 Å². The van der Waals surface area contributed by atoms with Gasteiger partial charge in [-0.15, -0.1) is 0 Å². The molecule has 1 fully saturated rings. The average molecular weight is 458 g/mol. The normalized spacial score (nSPS) is 15.0. The third-order valence-electron chi connectivity index (χ3n) is 6.57. The number of aryl methyl sites for hydroxylation is 1. The standard InChI is InChI=1S/C28H31N3O3/c1-4-15-30-20(2)16-24(21(30)3)25(32)19-31-26(33)28(29-27(31)34,17-22-11-7-5-8-12-22)18-23-13-9-6-10-14-23/h5-14,16H,4,15,17-19H2,1-3H3,(H,29,34). The number of amides is 3.